The van der Waals surface area contributed by atoms with E-state index in [0.717, 1.165) is 18.4 Å². The fraction of sp³-hybridized carbons (Fsp3) is 0.346. The number of aliphatic hydroxyl groups is 2. The predicted molar refractivity (Wildman–Crippen MR) is 132 cm³/mol. The van der Waals surface area contributed by atoms with Crippen LogP contribution in [0.2, 0.25) is 0 Å². The molecule has 8 nitrogen and oxygen atoms in total. The molecule has 0 aliphatic carbocycles. The Labute approximate surface area is 212 Å². The Kier molecular flexibility index (Phi) is 8.29. The van der Waals surface area contributed by atoms with Crippen LogP contribution in [0.4, 0.5) is 4.39 Å². The van der Waals surface area contributed by atoms with Gasteiger partial charge in [-0.3, -0.25) is 9.59 Å². The molecular formula is C26H28FN3O5S. The van der Waals surface area contributed by atoms with Gasteiger partial charge in [0.05, 0.1) is 25.4 Å². The van der Waals surface area contributed by atoms with Crippen LogP contribution in [0.1, 0.15) is 40.7 Å². The molecule has 1 saturated heterocycles. The molecule has 0 spiro atoms. The van der Waals surface area contributed by atoms with Crippen LogP contribution in [-0.2, 0) is 22.6 Å². The molecule has 0 radical (unpaired) electrons. The van der Waals surface area contributed by atoms with Crippen LogP contribution in [0.15, 0.2) is 53.9 Å². The number of hydrogen-bond donors (Lipinski definition) is 3. The molecule has 0 saturated carbocycles. The van der Waals surface area contributed by atoms with Crippen molar-refractivity contribution in [3.63, 3.8) is 0 Å². The first-order chi connectivity index (χ1) is 17.4. The van der Waals surface area contributed by atoms with E-state index in [0.29, 0.717) is 35.0 Å². The number of likely N-dealkylation sites (tertiary alicyclic amines) is 1. The molecule has 3 N–H and O–H groups in total. The molecule has 1 aliphatic heterocycles. The topological polar surface area (TPSA) is 112 Å². The number of carbonyl (C=O) groups excluding carboxylic acids is 2. The van der Waals surface area contributed by atoms with Crippen LogP contribution >= 0.6 is 11.3 Å². The molecule has 36 heavy (non-hydrogen) atoms. The first-order valence-electron chi connectivity index (χ1n) is 11.6. The summed E-state index contributed by atoms with van der Waals surface area (Å²) in [7, 11) is 1.51. The SMILES string of the molecule is COc1ccc(F)cc1Cc1csc(CNC(=O)[C@H](O)[C@@H](O)C(=O)N2CCCC2c2ccccc2)n1. The summed E-state index contributed by atoms with van der Waals surface area (Å²) in [5, 5.41) is 25.7. The molecule has 0 bridgehead atoms. The largest absolute Gasteiger partial charge is 0.496 e. The number of rotatable bonds is 9. The van der Waals surface area contributed by atoms with Gasteiger partial charge in [0.15, 0.2) is 12.2 Å². The molecule has 1 aromatic heterocycles. The third kappa shape index (κ3) is 5.89. The summed E-state index contributed by atoms with van der Waals surface area (Å²) >= 11 is 1.29. The van der Waals surface area contributed by atoms with Gasteiger partial charge in [-0.2, -0.15) is 0 Å². The van der Waals surface area contributed by atoms with Crippen LogP contribution in [0.3, 0.4) is 0 Å². The molecule has 1 aliphatic rings. The zero-order valence-electron chi connectivity index (χ0n) is 19.8. The van der Waals surface area contributed by atoms with Gasteiger partial charge in [-0.1, -0.05) is 30.3 Å². The minimum Gasteiger partial charge on any atom is -0.496 e. The van der Waals surface area contributed by atoms with E-state index < -0.39 is 24.0 Å². The zero-order valence-corrected chi connectivity index (χ0v) is 20.6. The summed E-state index contributed by atoms with van der Waals surface area (Å²) in [6.45, 7) is 0.458. The Morgan fingerprint density at radius 3 is 2.75 bits per heavy atom. The third-order valence-electron chi connectivity index (χ3n) is 6.17. The maximum atomic E-state index is 13.6. The zero-order chi connectivity index (χ0) is 25.7. The molecule has 2 amide bonds. The average molecular weight is 514 g/mol. The highest BCUT2D eigenvalue weighted by molar-refractivity contribution is 7.09. The number of nitrogens with zero attached hydrogens (tertiary/aromatic N) is 2. The first-order valence-corrected chi connectivity index (χ1v) is 12.5. The van der Waals surface area contributed by atoms with Gasteiger partial charge in [-0.15, -0.1) is 11.3 Å². The van der Waals surface area contributed by atoms with Gasteiger partial charge in [0.2, 0.25) is 0 Å². The lowest BCUT2D eigenvalue weighted by molar-refractivity contribution is -0.153. The van der Waals surface area contributed by atoms with Crippen molar-refractivity contribution in [2.24, 2.45) is 0 Å². The molecule has 10 heteroatoms. The van der Waals surface area contributed by atoms with Crippen LogP contribution in [0.25, 0.3) is 0 Å². The van der Waals surface area contributed by atoms with E-state index in [2.05, 4.69) is 10.3 Å². The molecule has 3 atom stereocenters. The standard InChI is InChI=1S/C26H28FN3O5S/c1-35-21-10-9-18(27)12-17(21)13-19-15-36-22(29-19)14-28-25(33)23(31)24(32)26(34)30-11-5-8-20(30)16-6-3-2-4-7-16/h2-4,6-7,9-10,12,15,20,23-24,31-32H,5,8,11,13-14H2,1H3,(H,28,33)/t20?,23-,24-/m1/s1. The van der Waals surface area contributed by atoms with E-state index in [1.54, 1.807) is 11.4 Å². The van der Waals surface area contributed by atoms with E-state index in [1.807, 2.05) is 30.3 Å². The van der Waals surface area contributed by atoms with Crippen molar-refractivity contribution in [2.45, 2.75) is 44.1 Å². The summed E-state index contributed by atoms with van der Waals surface area (Å²) in [4.78, 5) is 31.3. The lowest BCUT2D eigenvalue weighted by atomic mass is 10.0. The average Bonchev–Trinajstić information content (AvgIpc) is 3.56. The van der Waals surface area contributed by atoms with E-state index in [4.69, 9.17) is 4.74 Å². The number of hydrogen-bond acceptors (Lipinski definition) is 7. The monoisotopic (exact) mass is 513 g/mol. The maximum absolute atomic E-state index is 13.6. The van der Waals surface area contributed by atoms with E-state index in [-0.39, 0.29) is 18.4 Å². The number of halogens is 1. The molecule has 2 heterocycles. The fourth-order valence-corrected chi connectivity index (χ4v) is 5.09. The van der Waals surface area contributed by atoms with Crippen molar-refractivity contribution in [1.82, 2.24) is 15.2 Å². The molecule has 2 aromatic carbocycles. The van der Waals surface area contributed by atoms with E-state index in [1.165, 1.54) is 35.5 Å². The minimum atomic E-state index is -1.91. The lowest BCUT2D eigenvalue weighted by Gasteiger charge is -2.28. The van der Waals surface area contributed by atoms with Crippen molar-refractivity contribution < 1.29 is 28.9 Å². The number of aliphatic hydroxyl groups excluding tert-OH is 2. The third-order valence-corrected chi connectivity index (χ3v) is 7.07. The van der Waals surface area contributed by atoms with Gasteiger partial charge in [0.25, 0.3) is 11.8 Å². The summed E-state index contributed by atoms with van der Waals surface area (Å²) in [6, 6.07) is 13.5. The second-order valence-corrected chi connectivity index (χ2v) is 9.52. The van der Waals surface area contributed by atoms with Crippen LogP contribution in [-0.4, -0.2) is 57.8 Å². The fourth-order valence-electron chi connectivity index (χ4n) is 4.36. The number of thiazole rings is 1. The highest BCUT2D eigenvalue weighted by Crippen LogP contribution is 2.32. The van der Waals surface area contributed by atoms with Crippen molar-refractivity contribution in [3.05, 3.63) is 81.6 Å². The Balaban J connectivity index is 1.32. The van der Waals surface area contributed by atoms with Gasteiger partial charge in [0.1, 0.15) is 16.6 Å². The summed E-state index contributed by atoms with van der Waals surface area (Å²) < 4.78 is 18.9. The van der Waals surface area contributed by atoms with E-state index in [9.17, 15) is 24.2 Å². The number of amides is 2. The molecule has 190 valence electrons. The highest BCUT2D eigenvalue weighted by atomic mass is 32.1. The van der Waals surface area contributed by atoms with Gasteiger partial charge in [0, 0.05) is 23.9 Å². The summed E-state index contributed by atoms with van der Waals surface area (Å²) in [5.74, 6) is -1.37. The number of ether oxygens (including phenoxy) is 1. The number of nitrogens with one attached hydrogen (secondary N) is 1. The number of methoxy groups -OCH3 is 1. The van der Waals surface area contributed by atoms with Crippen molar-refractivity contribution in [3.8, 4) is 5.75 Å². The maximum Gasteiger partial charge on any atom is 0.255 e. The lowest BCUT2D eigenvalue weighted by Crippen LogP contribution is -2.50. The Morgan fingerprint density at radius 2 is 2.00 bits per heavy atom. The first kappa shape index (κ1) is 25.7. The number of carbonyl (C=O) groups is 2. The molecule has 1 unspecified atom stereocenters. The van der Waals surface area contributed by atoms with Gasteiger partial charge in [-0.25, -0.2) is 9.37 Å². The quantitative estimate of drug-likeness (QED) is 0.406. The second kappa shape index (κ2) is 11.6. The number of benzene rings is 2. The summed E-state index contributed by atoms with van der Waals surface area (Å²) in [6.07, 6.45) is -1.92. The van der Waals surface area contributed by atoms with Gasteiger partial charge >= 0.3 is 0 Å². The van der Waals surface area contributed by atoms with Gasteiger partial charge < -0.3 is 25.2 Å². The molecule has 3 aromatic rings. The molecule has 1 fully saturated rings. The van der Waals surface area contributed by atoms with Crippen LogP contribution in [0.5, 0.6) is 5.75 Å². The van der Waals surface area contributed by atoms with Crippen molar-refractivity contribution in [1.29, 1.82) is 0 Å². The van der Waals surface area contributed by atoms with Crippen molar-refractivity contribution in [2.75, 3.05) is 13.7 Å². The Morgan fingerprint density at radius 1 is 1.22 bits per heavy atom. The predicted octanol–water partition coefficient (Wildman–Crippen LogP) is 2.58. The van der Waals surface area contributed by atoms with Crippen LogP contribution in [0, 0.1) is 5.82 Å². The Hall–Kier alpha value is -3.34. The van der Waals surface area contributed by atoms with Gasteiger partial charge in [-0.05, 0) is 36.6 Å². The molecule has 4 rings (SSSR count). The van der Waals surface area contributed by atoms with Crippen molar-refractivity contribution >= 4 is 23.2 Å². The Bertz CT molecular complexity index is 1210. The second-order valence-electron chi connectivity index (χ2n) is 8.57. The molecular weight excluding hydrogens is 485 g/mol. The van der Waals surface area contributed by atoms with Crippen LogP contribution < -0.4 is 10.1 Å². The summed E-state index contributed by atoms with van der Waals surface area (Å²) in [5.41, 5.74) is 2.26. The highest BCUT2D eigenvalue weighted by Gasteiger charge is 2.38. The number of aromatic nitrogens is 1. The van der Waals surface area contributed by atoms with E-state index >= 15 is 0 Å². The minimum absolute atomic E-state index is 0.0120. The normalized spacial score (nSPS) is 17.0. The smallest absolute Gasteiger partial charge is 0.255 e.